The molecule has 3 aromatic heterocycles. The van der Waals surface area contributed by atoms with Gasteiger partial charge in [0.05, 0.1) is 5.69 Å². The average molecular weight is 464 g/mol. The first-order chi connectivity index (χ1) is 17.0. The first kappa shape index (κ1) is 19.8. The predicted octanol–water partition coefficient (Wildman–Crippen LogP) is 7.53. The van der Waals surface area contributed by atoms with Gasteiger partial charge in [-0.2, -0.15) is 0 Å². The predicted molar refractivity (Wildman–Crippen MR) is 133 cm³/mol. The third kappa shape index (κ3) is 3.16. The minimum absolute atomic E-state index is 0.265. The zero-order valence-corrected chi connectivity index (χ0v) is 18.6. The number of benzene rings is 3. The van der Waals surface area contributed by atoms with E-state index in [2.05, 4.69) is 15.0 Å². The molecule has 0 radical (unpaired) electrons. The van der Waals surface area contributed by atoms with Gasteiger partial charge < -0.3 is 19.6 Å². The number of hydrogen-bond acceptors (Lipinski definition) is 3. The number of nitrogens with one attached hydrogen (secondary N) is 2. The van der Waals surface area contributed by atoms with Crippen LogP contribution in [0.5, 0.6) is 11.5 Å². The SMILES string of the molecule is CN1c2ccc(-c3cc4cc(F)ccc4[nH]3)cc2Oc2cc(-c3cc4cc(F)ccc4[nH]3)cnc21. The van der Waals surface area contributed by atoms with Crippen LogP contribution in [-0.4, -0.2) is 22.0 Å². The van der Waals surface area contributed by atoms with Gasteiger partial charge in [0.25, 0.3) is 0 Å². The van der Waals surface area contributed by atoms with E-state index >= 15 is 0 Å². The summed E-state index contributed by atoms with van der Waals surface area (Å²) in [4.78, 5) is 13.3. The van der Waals surface area contributed by atoms with Gasteiger partial charge in [-0.1, -0.05) is 6.07 Å². The first-order valence-electron chi connectivity index (χ1n) is 11.1. The standard InChI is InChI=1S/C28H18F2N4O/c1-34-25-7-2-15(23-10-16-8-19(29)3-5-21(16)32-23)12-26(25)35-27-13-18(14-31-28(27)34)24-11-17-9-20(30)4-6-22(17)33-24/h2-14,32-33H,1H3. The smallest absolute Gasteiger partial charge is 0.176 e. The molecule has 0 saturated heterocycles. The van der Waals surface area contributed by atoms with Crippen LogP contribution in [-0.2, 0) is 0 Å². The van der Waals surface area contributed by atoms with Crippen LogP contribution in [0.4, 0.5) is 20.3 Å². The molecule has 2 N–H and O–H groups in total. The van der Waals surface area contributed by atoms with Crippen LogP contribution in [0.25, 0.3) is 44.3 Å². The van der Waals surface area contributed by atoms with Gasteiger partial charge >= 0.3 is 0 Å². The van der Waals surface area contributed by atoms with Crippen molar-refractivity contribution in [1.82, 2.24) is 15.0 Å². The van der Waals surface area contributed by atoms with E-state index in [0.29, 0.717) is 17.3 Å². The van der Waals surface area contributed by atoms with E-state index in [0.717, 1.165) is 50.0 Å². The monoisotopic (exact) mass is 464 g/mol. The molecule has 1 aliphatic heterocycles. The van der Waals surface area contributed by atoms with Gasteiger partial charge in [0.2, 0.25) is 0 Å². The lowest BCUT2D eigenvalue weighted by Crippen LogP contribution is -2.17. The number of pyridine rings is 1. The van der Waals surface area contributed by atoms with Crippen molar-refractivity contribution in [1.29, 1.82) is 0 Å². The fourth-order valence-corrected chi connectivity index (χ4v) is 4.70. The van der Waals surface area contributed by atoms with E-state index in [9.17, 15) is 8.78 Å². The van der Waals surface area contributed by atoms with Crippen LogP contribution in [0.2, 0.25) is 0 Å². The molecule has 0 atom stereocenters. The topological polar surface area (TPSA) is 56.9 Å². The molecule has 0 bridgehead atoms. The van der Waals surface area contributed by atoms with Gasteiger partial charge in [-0.3, -0.25) is 0 Å². The Morgan fingerprint density at radius 2 is 1.34 bits per heavy atom. The number of rotatable bonds is 2. The lowest BCUT2D eigenvalue weighted by molar-refractivity contribution is 0.473. The van der Waals surface area contributed by atoms with Crippen molar-refractivity contribution < 1.29 is 13.5 Å². The highest BCUT2D eigenvalue weighted by molar-refractivity contribution is 5.88. The van der Waals surface area contributed by atoms with Crippen molar-refractivity contribution in [3.05, 3.63) is 90.6 Å². The number of halogens is 2. The summed E-state index contributed by atoms with van der Waals surface area (Å²) in [6.45, 7) is 0. The fourth-order valence-electron chi connectivity index (χ4n) is 4.70. The van der Waals surface area contributed by atoms with Crippen LogP contribution < -0.4 is 9.64 Å². The molecule has 1 aliphatic rings. The highest BCUT2D eigenvalue weighted by atomic mass is 19.1. The summed E-state index contributed by atoms with van der Waals surface area (Å²) < 4.78 is 33.6. The van der Waals surface area contributed by atoms with Crippen LogP contribution in [0.15, 0.2) is 79.0 Å². The minimum Gasteiger partial charge on any atom is -0.451 e. The van der Waals surface area contributed by atoms with Gasteiger partial charge in [-0.25, -0.2) is 13.8 Å². The number of ether oxygens (including phenoxy) is 1. The molecule has 170 valence electrons. The highest BCUT2D eigenvalue weighted by Gasteiger charge is 2.24. The number of fused-ring (bicyclic) bond motifs is 4. The van der Waals surface area contributed by atoms with E-state index in [-0.39, 0.29) is 11.6 Å². The van der Waals surface area contributed by atoms with E-state index in [1.165, 1.54) is 24.3 Å². The number of aromatic nitrogens is 3. The van der Waals surface area contributed by atoms with Gasteiger partial charge in [0, 0.05) is 57.6 Å². The molecular formula is C28H18F2N4O. The van der Waals surface area contributed by atoms with Crippen molar-refractivity contribution in [2.75, 3.05) is 11.9 Å². The Balaban J connectivity index is 1.27. The summed E-state index contributed by atoms with van der Waals surface area (Å²) in [5, 5.41) is 1.61. The molecule has 6 aromatic rings. The molecule has 0 saturated carbocycles. The molecule has 0 fully saturated rings. The summed E-state index contributed by atoms with van der Waals surface area (Å²) in [6.07, 6.45) is 1.78. The maximum Gasteiger partial charge on any atom is 0.176 e. The fraction of sp³-hybridized carbons (Fsp3) is 0.0357. The zero-order chi connectivity index (χ0) is 23.7. The van der Waals surface area contributed by atoms with Gasteiger partial charge in [-0.15, -0.1) is 0 Å². The third-order valence-corrected chi connectivity index (χ3v) is 6.48. The third-order valence-electron chi connectivity index (χ3n) is 6.48. The molecule has 4 heterocycles. The van der Waals surface area contributed by atoms with Crippen LogP contribution in [0.1, 0.15) is 0 Å². The largest absolute Gasteiger partial charge is 0.451 e. The van der Waals surface area contributed by atoms with Gasteiger partial charge in [0.1, 0.15) is 11.6 Å². The molecule has 7 rings (SSSR count). The number of nitrogens with zero attached hydrogens (tertiary/aromatic N) is 2. The lowest BCUT2D eigenvalue weighted by atomic mass is 10.1. The Morgan fingerprint density at radius 1 is 0.714 bits per heavy atom. The highest BCUT2D eigenvalue weighted by Crippen LogP contribution is 2.47. The second-order valence-corrected chi connectivity index (χ2v) is 8.72. The Morgan fingerprint density at radius 3 is 2.03 bits per heavy atom. The maximum atomic E-state index is 13.6. The summed E-state index contributed by atoms with van der Waals surface area (Å²) in [7, 11) is 1.95. The Labute approximate surface area is 198 Å². The lowest BCUT2D eigenvalue weighted by Gasteiger charge is -2.29. The molecule has 7 heteroatoms. The Hall–Kier alpha value is -4.65. The minimum atomic E-state index is -0.274. The van der Waals surface area contributed by atoms with E-state index in [1.54, 1.807) is 18.3 Å². The van der Waals surface area contributed by atoms with Crippen molar-refractivity contribution in [3.8, 4) is 34.0 Å². The molecule has 0 amide bonds. The second kappa shape index (κ2) is 7.17. The zero-order valence-electron chi connectivity index (χ0n) is 18.6. The number of anilines is 2. The quantitative estimate of drug-likeness (QED) is 0.278. The second-order valence-electron chi connectivity index (χ2n) is 8.72. The normalized spacial score (nSPS) is 12.6. The van der Waals surface area contributed by atoms with Crippen LogP contribution in [0, 0.1) is 11.6 Å². The molecule has 0 aliphatic carbocycles. The molecule has 5 nitrogen and oxygen atoms in total. The van der Waals surface area contributed by atoms with E-state index in [4.69, 9.17) is 4.74 Å². The molecule has 0 unspecified atom stereocenters. The summed E-state index contributed by atoms with van der Waals surface area (Å²) in [5.41, 5.74) is 6.09. The summed E-state index contributed by atoms with van der Waals surface area (Å²) in [5.74, 6) is 1.48. The van der Waals surface area contributed by atoms with E-state index in [1.807, 2.05) is 48.3 Å². The number of hydrogen-bond donors (Lipinski definition) is 2. The Kier molecular flexibility index (Phi) is 4.05. The van der Waals surface area contributed by atoms with Crippen molar-refractivity contribution >= 4 is 33.3 Å². The molecule has 3 aromatic carbocycles. The number of H-pyrrole nitrogens is 2. The van der Waals surface area contributed by atoms with Crippen molar-refractivity contribution in [2.45, 2.75) is 0 Å². The molecular weight excluding hydrogens is 446 g/mol. The summed E-state index contributed by atoms with van der Waals surface area (Å²) in [6, 6.07) is 21.1. The van der Waals surface area contributed by atoms with Crippen LogP contribution in [0.3, 0.4) is 0 Å². The average Bonchev–Trinajstić information content (AvgIpc) is 3.47. The number of aromatic amines is 2. The first-order valence-corrected chi connectivity index (χ1v) is 11.1. The molecule has 0 spiro atoms. The maximum absolute atomic E-state index is 13.6. The van der Waals surface area contributed by atoms with Gasteiger partial charge in [-0.05, 0) is 66.7 Å². The summed E-state index contributed by atoms with van der Waals surface area (Å²) >= 11 is 0. The van der Waals surface area contributed by atoms with Crippen molar-refractivity contribution in [2.24, 2.45) is 0 Å². The Bertz CT molecular complexity index is 1660. The van der Waals surface area contributed by atoms with E-state index < -0.39 is 0 Å². The molecule has 35 heavy (non-hydrogen) atoms. The van der Waals surface area contributed by atoms with Gasteiger partial charge in [0.15, 0.2) is 17.3 Å². The van der Waals surface area contributed by atoms with Crippen LogP contribution >= 0.6 is 0 Å². The van der Waals surface area contributed by atoms with Crippen molar-refractivity contribution in [3.63, 3.8) is 0 Å².